The van der Waals surface area contributed by atoms with Crippen molar-refractivity contribution >= 4 is 0 Å². The molecule has 102 valence electrons. The highest BCUT2D eigenvalue weighted by Gasteiger charge is 2.19. The van der Waals surface area contributed by atoms with Crippen molar-refractivity contribution in [2.45, 2.75) is 46.1 Å². The molecule has 1 heterocycles. The van der Waals surface area contributed by atoms with E-state index in [0.717, 1.165) is 32.1 Å². The van der Waals surface area contributed by atoms with Crippen LogP contribution in [0, 0.1) is 11.8 Å². The van der Waals surface area contributed by atoms with Crippen molar-refractivity contribution in [3.8, 4) is 0 Å². The minimum Gasteiger partial charge on any atom is -0.392 e. The van der Waals surface area contributed by atoms with E-state index in [0.29, 0.717) is 5.92 Å². The van der Waals surface area contributed by atoms with Crippen LogP contribution >= 0.6 is 0 Å². The molecule has 0 bridgehead atoms. The van der Waals surface area contributed by atoms with Crippen LogP contribution in [0.2, 0.25) is 0 Å². The van der Waals surface area contributed by atoms with Gasteiger partial charge in [-0.05, 0) is 50.7 Å². The van der Waals surface area contributed by atoms with Crippen molar-refractivity contribution in [2.24, 2.45) is 11.8 Å². The Labute approximate surface area is 107 Å². The van der Waals surface area contributed by atoms with Crippen LogP contribution in [0.1, 0.15) is 40.0 Å². The largest absolute Gasteiger partial charge is 0.392 e. The zero-order chi connectivity index (χ0) is 12.7. The second-order valence-corrected chi connectivity index (χ2v) is 5.78. The SMILES string of the molecule is CCCN(CC1CCCNC1)CC(O)C(C)C. The Bertz CT molecular complexity index is 191. The van der Waals surface area contributed by atoms with Gasteiger partial charge in [-0.3, -0.25) is 0 Å². The smallest absolute Gasteiger partial charge is 0.0689 e. The Kier molecular flexibility index (Phi) is 7.09. The van der Waals surface area contributed by atoms with Crippen molar-refractivity contribution in [1.82, 2.24) is 10.2 Å². The Balaban J connectivity index is 2.35. The lowest BCUT2D eigenvalue weighted by atomic mass is 9.98. The van der Waals surface area contributed by atoms with Crippen molar-refractivity contribution in [3.05, 3.63) is 0 Å². The minimum atomic E-state index is -0.182. The van der Waals surface area contributed by atoms with E-state index < -0.39 is 0 Å². The Morgan fingerprint density at radius 1 is 1.41 bits per heavy atom. The normalized spacial score (nSPS) is 23.3. The summed E-state index contributed by atoms with van der Waals surface area (Å²) in [5.41, 5.74) is 0. The summed E-state index contributed by atoms with van der Waals surface area (Å²) in [4.78, 5) is 2.45. The van der Waals surface area contributed by atoms with Gasteiger partial charge >= 0.3 is 0 Å². The second kappa shape index (κ2) is 8.06. The van der Waals surface area contributed by atoms with E-state index in [4.69, 9.17) is 0 Å². The summed E-state index contributed by atoms with van der Waals surface area (Å²) in [5.74, 6) is 1.13. The van der Waals surface area contributed by atoms with Crippen LogP contribution < -0.4 is 5.32 Å². The lowest BCUT2D eigenvalue weighted by molar-refractivity contribution is 0.0672. The maximum Gasteiger partial charge on any atom is 0.0689 e. The van der Waals surface area contributed by atoms with Gasteiger partial charge in [0.2, 0.25) is 0 Å². The fraction of sp³-hybridized carbons (Fsp3) is 1.00. The van der Waals surface area contributed by atoms with Gasteiger partial charge in [0.1, 0.15) is 0 Å². The summed E-state index contributed by atoms with van der Waals surface area (Å²) in [6.45, 7) is 11.8. The van der Waals surface area contributed by atoms with Crippen LogP contribution in [0.15, 0.2) is 0 Å². The summed E-state index contributed by atoms with van der Waals surface area (Å²) in [5, 5.41) is 13.5. The second-order valence-electron chi connectivity index (χ2n) is 5.78. The predicted molar refractivity (Wildman–Crippen MR) is 73.2 cm³/mol. The van der Waals surface area contributed by atoms with Gasteiger partial charge in [0.15, 0.2) is 0 Å². The first-order chi connectivity index (χ1) is 8.13. The van der Waals surface area contributed by atoms with Crippen LogP contribution in [-0.2, 0) is 0 Å². The Morgan fingerprint density at radius 2 is 2.18 bits per heavy atom. The van der Waals surface area contributed by atoms with Gasteiger partial charge in [-0.1, -0.05) is 20.8 Å². The first-order valence-corrected chi connectivity index (χ1v) is 7.24. The molecule has 0 aliphatic carbocycles. The van der Waals surface area contributed by atoms with Crippen LogP contribution in [0.25, 0.3) is 0 Å². The van der Waals surface area contributed by atoms with Crippen LogP contribution in [-0.4, -0.2) is 48.8 Å². The molecular weight excluding hydrogens is 212 g/mol. The summed E-state index contributed by atoms with van der Waals surface area (Å²) in [6.07, 6.45) is 3.63. The van der Waals surface area contributed by atoms with E-state index in [1.165, 1.54) is 25.8 Å². The molecule has 1 saturated heterocycles. The molecule has 0 aromatic rings. The molecule has 2 N–H and O–H groups in total. The highest BCUT2D eigenvalue weighted by molar-refractivity contribution is 4.75. The molecule has 0 aromatic carbocycles. The molecule has 0 radical (unpaired) electrons. The lowest BCUT2D eigenvalue weighted by Crippen LogP contribution is -2.42. The molecule has 2 unspecified atom stereocenters. The highest BCUT2D eigenvalue weighted by Crippen LogP contribution is 2.13. The first-order valence-electron chi connectivity index (χ1n) is 7.24. The Hall–Kier alpha value is -0.120. The van der Waals surface area contributed by atoms with E-state index in [2.05, 4.69) is 31.0 Å². The quantitative estimate of drug-likeness (QED) is 0.713. The molecule has 1 fully saturated rings. The monoisotopic (exact) mass is 242 g/mol. The number of piperidine rings is 1. The number of aliphatic hydroxyl groups excluding tert-OH is 1. The Morgan fingerprint density at radius 3 is 2.71 bits per heavy atom. The number of nitrogens with zero attached hydrogens (tertiary/aromatic N) is 1. The molecule has 0 saturated carbocycles. The number of nitrogens with one attached hydrogen (secondary N) is 1. The zero-order valence-electron chi connectivity index (χ0n) is 11.8. The van der Waals surface area contributed by atoms with E-state index in [9.17, 15) is 5.11 Å². The number of aliphatic hydroxyl groups is 1. The predicted octanol–water partition coefficient (Wildman–Crippen LogP) is 1.71. The van der Waals surface area contributed by atoms with Gasteiger partial charge in [-0.2, -0.15) is 0 Å². The molecule has 1 aliphatic heterocycles. The lowest BCUT2D eigenvalue weighted by Gasteiger charge is -2.32. The minimum absolute atomic E-state index is 0.182. The van der Waals surface area contributed by atoms with E-state index in [-0.39, 0.29) is 6.10 Å². The van der Waals surface area contributed by atoms with Gasteiger partial charge in [0.05, 0.1) is 6.10 Å². The van der Waals surface area contributed by atoms with Crippen LogP contribution in [0.3, 0.4) is 0 Å². The molecule has 2 atom stereocenters. The molecule has 0 spiro atoms. The number of hydrogen-bond acceptors (Lipinski definition) is 3. The van der Waals surface area contributed by atoms with Gasteiger partial charge in [-0.15, -0.1) is 0 Å². The average molecular weight is 242 g/mol. The van der Waals surface area contributed by atoms with Gasteiger partial charge in [-0.25, -0.2) is 0 Å². The van der Waals surface area contributed by atoms with Crippen molar-refractivity contribution < 1.29 is 5.11 Å². The third kappa shape index (κ3) is 5.84. The van der Waals surface area contributed by atoms with Crippen molar-refractivity contribution in [1.29, 1.82) is 0 Å². The highest BCUT2D eigenvalue weighted by atomic mass is 16.3. The topological polar surface area (TPSA) is 35.5 Å². The summed E-state index contributed by atoms with van der Waals surface area (Å²) < 4.78 is 0. The maximum atomic E-state index is 10.00. The molecule has 3 nitrogen and oxygen atoms in total. The van der Waals surface area contributed by atoms with E-state index in [1.807, 2.05) is 0 Å². The fourth-order valence-corrected chi connectivity index (χ4v) is 2.49. The summed E-state index contributed by atoms with van der Waals surface area (Å²) in [7, 11) is 0. The average Bonchev–Trinajstić information content (AvgIpc) is 2.30. The number of hydrogen-bond donors (Lipinski definition) is 2. The third-order valence-electron chi connectivity index (χ3n) is 3.67. The number of rotatable bonds is 7. The fourth-order valence-electron chi connectivity index (χ4n) is 2.49. The molecule has 3 heteroatoms. The van der Waals surface area contributed by atoms with Gasteiger partial charge in [0, 0.05) is 13.1 Å². The van der Waals surface area contributed by atoms with E-state index >= 15 is 0 Å². The third-order valence-corrected chi connectivity index (χ3v) is 3.67. The van der Waals surface area contributed by atoms with Crippen molar-refractivity contribution in [2.75, 3.05) is 32.7 Å². The van der Waals surface area contributed by atoms with Crippen molar-refractivity contribution in [3.63, 3.8) is 0 Å². The van der Waals surface area contributed by atoms with Gasteiger partial charge < -0.3 is 15.3 Å². The first kappa shape index (κ1) is 14.9. The van der Waals surface area contributed by atoms with E-state index in [1.54, 1.807) is 0 Å². The molecule has 0 amide bonds. The summed E-state index contributed by atoms with van der Waals surface area (Å²) in [6, 6.07) is 0. The maximum absolute atomic E-state index is 10.00. The van der Waals surface area contributed by atoms with Crippen LogP contribution in [0.4, 0.5) is 0 Å². The standard InChI is InChI=1S/C14H30N2O/c1-4-8-16(11-14(17)12(2)3)10-13-6-5-7-15-9-13/h12-15,17H,4-11H2,1-3H3. The molecule has 1 aliphatic rings. The molecule has 0 aromatic heterocycles. The molecular formula is C14H30N2O. The molecule has 17 heavy (non-hydrogen) atoms. The van der Waals surface area contributed by atoms with Gasteiger partial charge in [0.25, 0.3) is 0 Å². The summed E-state index contributed by atoms with van der Waals surface area (Å²) >= 11 is 0. The molecule has 1 rings (SSSR count). The van der Waals surface area contributed by atoms with Crippen LogP contribution in [0.5, 0.6) is 0 Å². The zero-order valence-corrected chi connectivity index (χ0v) is 11.8.